The fourth-order valence-electron chi connectivity index (χ4n) is 1.88. The Kier molecular flexibility index (Phi) is 5.17. The summed E-state index contributed by atoms with van der Waals surface area (Å²) >= 11 is 5.97. The number of benzene rings is 2. The van der Waals surface area contributed by atoms with E-state index < -0.39 is 18.0 Å². The summed E-state index contributed by atoms with van der Waals surface area (Å²) in [5.41, 5.74) is 1.72. The summed E-state index contributed by atoms with van der Waals surface area (Å²) in [6.45, 7) is 3.33. The lowest BCUT2D eigenvalue weighted by molar-refractivity contribution is -0.123. The minimum Gasteiger partial charge on any atom is -0.449 e. The van der Waals surface area contributed by atoms with E-state index in [4.69, 9.17) is 16.3 Å². The normalized spacial score (nSPS) is 11.6. The first-order valence-corrected chi connectivity index (χ1v) is 7.19. The summed E-state index contributed by atoms with van der Waals surface area (Å²) in [6.07, 6.45) is -0.927. The van der Waals surface area contributed by atoms with Gasteiger partial charge in [-0.05, 0) is 37.6 Å². The van der Waals surface area contributed by atoms with Crippen molar-refractivity contribution in [3.05, 3.63) is 64.7 Å². The summed E-state index contributed by atoms with van der Waals surface area (Å²) < 4.78 is 5.20. The summed E-state index contributed by atoms with van der Waals surface area (Å²) in [4.78, 5) is 24.1. The molecule has 0 saturated heterocycles. The molecule has 0 bridgehead atoms. The van der Waals surface area contributed by atoms with Crippen LogP contribution in [0.1, 0.15) is 22.8 Å². The molecule has 2 aromatic carbocycles. The van der Waals surface area contributed by atoms with Gasteiger partial charge in [0.05, 0.1) is 16.3 Å². The molecule has 4 nitrogen and oxygen atoms in total. The molecule has 2 rings (SSSR count). The lowest BCUT2D eigenvalue weighted by Gasteiger charge is -2.15. The number of halogens is 1. The van der Waals surface area contributed by atoms with Crippen molar-refractivity contribution in [1.82, 2.24) is 0 Å². The topological polar surface area (TPSA) is 55.4 Å². The van der Waals surface area contributed by atoms with Crippen LogP contribution >= 0.6 is 11.6 Å². The molecule has 1 N–H and O–H groups in total. The Hall–Kier alpha value is -2.33. The molecular formula is C17H16ClNO3. The van der Waals surface area contributed by atoms with Gasteiger partial charge in [-0.15, -0.1) is 0 Å². The van der Waals surface area contributed by atoms with Crippen molar-refractivity contribution in [1.29, 1.82) is 0 Å². The third-order valence-electron chi connectivity index (χ3n) is 3.15. The Bertz CT molecular complexity index is 700. The summed E-state index contributed by atoms with van der Waals surface area (Å²) in [7, 11) is 0. The molecule has 0 unspecified atom stereocenters. The number of esters is 1. The van der Waals surface area contributed by atoms with Crippen LogP contribution in [0.3, 0.4) is 0 Å². The van der Waals surface area contributed by atoms with E-state index in [1.54, 1.807) is 36.4 Å². The molecule has 2 aromatic rings. The van der Waals surface area contributed by atoms with Crippen molar-refractivity contribution < 1.29 is 14.3 Å². The van der Waals surface area contributed by atoms with Crippen LogP contribution in [-0.2, 0) is 9.53 Å². The molecule has 0 radical (unpaired) electrons. The highest BCUT2D eigenvalue weighted by Gasteiger charge is 2.20. The van der Waals surface area contributed by atoms with E-state index in [1.807, 2.05) is 19.1 Å². The standard InChI is InChI=1S/C17H16ClNO3/c1-11-7-3-4-8-13(11)17(21)22-12(2)16(20)19-15-10-6-5-9-14(15)18/h3-10,12H,1-2H3,(H,19,20)/t12-/m0/s1. The molecule has 0 saturated carbocycles. The van der Waals surface area contributed by atoms with E-state index in [0.717, 1.165) is 5.56 Å². The number of carbonyl (C=O) groups is 2. The molecule has 0 fully saturated rings. The molecular weight excluding hydrogens is 302 g/mol. The number of anilines is 1. The average Bonchev–Trinajstić information content (AvgIpc) is 2.49. The van der Waals surface area contributed by atoms with Crippen molar-refractivity contribution in [2.75, 3.05) is 5.32 Å². The van der Waals surface area contributed by atoms with Crippen LogP contribution in [0, 0.1) is 6.92 Å². The highest BCUT2D eigenvalue weighted by molar-refractivity contribution is 6.33. The molecule has 0 aliphatic rings. The molecule has 114 valence electrons. The molecule has 0 aliphatic carbocycles. The van der Waals surface area contributed by atoms with E-state index in [1.165, 1.54) is 6.92 Å². The molecule has 0 spiro atoms. The predicted octanol–water partition coefficient (Wildman–Crippen LogP) is 3.83. The van der Waals surface area contributed by atoms with Gasteiger partial charge in [0.15, 0.2) is 6.10 Å². The molecule has 5 heteroatoms. The zero-order valence-corrected chi connectivity index (χ0v) is 13.1. The van der Waals surface area contributed by atoms with E-state index in [2.05, 4.69) is 5.32 Å². The van der Waals surface area contributed by atoms with Gasteiger partial charge in [-0.3, -0.25) is 4.79 Å². The highest BCUT2D eigenvalue weighted by Crippen LogP contribution is 2.21. The van der Waals surface area contributed by atoms with E-state index in [-0.39, 0.29) is 0 Å². The maximum Gasteiger partial charge on any atom is 0.339 e. The van der Waals surface area contributed by atoms with E-state index in [0.29, 0.717) is 16.3 Å². The lowest BCUT2D eigenvalue weighted by atomic mass is 10.1. The Morgan fingerprint density at radius 3 is 2.41 bits per heavy atom. The maximum absolute atomic E-state index is 12.1. The van der Waals surface area contributed by atoms with Gasteiger partial charge in [0, 0.05) is 0 Å². The number of para-hydroxylation sites is 1. The van der Waals surface area contributed by atoms with Crippen LogP contribution < -0.4 is 5.32 Å². The second-order valence-corrected chi connectivity index (χ2v) is 5.24. The first kappa shape index (κ1) is 16.0. The van der Waals surface area contributed by atoms with Gasteiger partial charge in [-0.1, -0.05) is 41.9 Å². The second kappa shape index (κ2) is 7.09. The minimum absolute atomic E-state index is 0.424. The minimum atomic E-state index is -0.927. The van der Waals surface area contributed by atoms with Crippen LogP contribution in [0.5, 0.6) is 0 Å². The predicted molar refractivity (Wildman–Crippen MR) is 86.1 cm³/mol. The van der Waals surface area contributed by atoms with Crippen molar-refractivity contribution in [3.63, 3.8) is 0 Å². The third-order valence-corrected chi connectivity index (χ3v) is 3.48. The quantitative estimate of drug-likeness (QED) is 0.872. The van der Waals surface area contributed by atoms with Crippen LogP contribution in [0.2, 0.25) is 5.02 Å². The van der Waals surface area contributed by atoms with Crippen molar-refractivity contribution in [2.24, 2.45) is 0 Å². The fourth-order valence-corrected chi connectivity index (χ4v) is 2.06. The lowest BCUT2D eigenvalue weighted by Crippen LogP contribution is -2.30. The van der Waals surface area contributed by atoms with E-state index in [9.17, 15) is 9.59 Å². The largest absolute Gasteiger partial charge is 0.449 e. The van der Waals surface area contributed by atoms with Gasteiger partial charge in [0.2, 0.25) is 0 Å². The Morgan fingerprint density at radius 1 is 1.09 bits per heavy atom. The molecule has 1 atom stereocenters. The van der Waals surface area contributed by atoms with Gasteiger partial charge >= 0.3 is 5.97 Å². The number of rotatable bonds is 4. The van der Waals surface area contributed by atoms with Crippen LogP contribution in [0.4, 0.5) is 5.69 Å². The zero-order chi connectivity index (χ0) is 16.1. The number of hydrogen-bond donors (Lipinski definition) is 1. The average molecular weight is 318 g/mol. The van der Waals surface area contributed by atoms with Gasteiger partial charge < -0.3 is 10.1 Å². The number of aryl methyl sites for hydroxylation is 1. The zero-order valence-electron chi connectivity index (χ0n) is 12.3. The van der Waals surface area contributed by atoms with Crippen LogP contribution in [0.15, 0.2) is 48.5 Å². The summed E-state index contributed by atoms with van der Waals surface area (Å²) in [6, 6.07) is 13.9. The van der Waals surface area contributed by atoms with Crippen LogP contribution in [0.25, 0.3) is 0 Å². The van der Waals surface area contributed by atoms with Gasteiger partial charge in [0.1, 0.15) is 0 Å². The molecule has 0 aromatic heterocycles. The monoisotopic (exact) mass is 317 g/mol. The maximum atomic E-state index is 12.1. The van der Waals surface area contributed by atoms with Crippen molar-refractivity contribution in [2.45, 2.75) is 20.0 Å². The number of ether oxygens (including phenoxy) is 1. The summed E-state index contributed by atoms with van der Waals surface area (Å²) in [5, 5.41) is 3.06. The SMILES string of the molecule is Cc1ccccc1C(=O)O[C@@H](C)C(=O)Nc1ccccc1Cl. The van der Waals surface area contributed by atoms with Crippen molar-refractivity contribution in [3.8, 4) is 0 Å². The molecule has 22 heavy (non-hydrogen) atoms. The fraction of sp³-hybridized carbons (Fsp3) is 0.176. The number of amides is 1. The smallest absolute Gasteiger partial charge is 0.339 e. The van der Waals surface area contributed by atoms with Gasteiger partial charge in [-0.2, -0.15) is 0 Å². The first-order chi connectivity index (χ1) is 10.5. The van der Waals surface area contributed by atoms with E-state index >= 15 is 0 Å². The Labute approximate surface area is 134 Å². The van der Waals surface area contributed by atoms with Crippen LogP contribution in [-0.4, -0.2) is 18.0 Å². The number of nitrogens with one attached hydrogen (secondary N) is 1. The third kappa shape index (κ3) is 3.86. The molecule has 1 amide bonds. The molecule has 0 aliphatic heterocycles. The van der Waals surface area contributed by atoms with Gasteiger partial charge in [-0.25, -0.2) is 4.79 Å². The Morgan fingerprint density at radius 2 is 1.73 bits per heavy atom. The Balaban J connectivity index is 2.01. The van der Waals surface area contributed by atoms with Crippen molar-refractivity contribution >= 4 is 29.2 Å². The summed E-state index contributed by atoms with van der Waals surface area (Å²) in [5.74, 6) is -0.963. The van der Waals surface area contributed by atoms with Gasteiger partial charge in [0.25, 0.3) is 5.91 Å². The first-order valence-electron chi connectivity index (χ1n) is 6.81. The number of hydrogen-bond acceptors (Lipinski definition) is 3. The second-order valence-electron chi connectivity index (χ2n) is 4.83. The number of carbonyl (C=O) groups excluding carboxylic acids is 2. The highest BCUT2D eigenvalue weighted by atomic mass is 35.5. The molecule has 0 heterocycles.